The van der Waals surface area contributed by atoms with E-state index in [1.54, 1.807) is 6.08 Å². The molecule has 1 saturated heterocycles. The topological polar surface area (TPSA) is 49.8 Å². The standard InChI is InChI=1S/C18H25NO3/c1-14(2)22-17-7-3-5-15(11-17)8-9-18(21)19-10-4-6-16(12-19)13-20/h3,5,7-9,11,14,16,20H,4,6,10,12-13H2,1-2H3/b9-8+. The minimum Gasteiger partial charge on any atom is -0.491 e. The van der Waals surface area contributed by atoms with E-state index in [0.29, 0.717) is 6.54 Å². The van der Waals surface area contributed by atoms with Crippen LogP contribution in [0.4, 0.5) is 0 Å². The van der Waals surface area contributed by atoms with Gasteiger partial charge in [0.25, 0.3) is 0 Å². The van der Waals surface area contributed by atoms with Crippen LogP contribution in [-0.4, -0.2) is 41.7 Å². The first-order valence-corrected chi connectivity index (χ1v) is 7.93. The minimum atomic E-state index is 0.00771. The molecule has 4 nitrogen and oxygen atoms in total. The lowest BCUT2D eigenvalue weighted by Crippen LogP contribution is -2.40. The van der Waals surface area contributed by atoms with E-state index in [1.165, 1.54) is 0 Å². The molecule has 2 rings (SSSR count). The molecule has 0 radical (unpaired) electrons. The molecule has 1 amide bonds. The molecular weight excluding hydrogens is 278 g/mol. The maximum atomic E-state index is 12.2. The Morgan fingerprint density at radius 2 is 2.32 bits per heavy atom. The van der Waals surface area contributed by atoms with E-state index in [2.05, 4.69) is 0 Å². The van der Waals surface area contributed by atoms with Gasteiger partial charge in [0, 0.05) is 25.8 Å². The minimum absolute atomic E-state index is 0.00771. The van der Waals surface area contributed by atoms with Gasteiger partial charge in [-0.2, -0.15) is 0 Å². The number of likely N-dealkylation sites (tertiary alicyclic amines) is 1. The second-order valence-electron chi connectivity index (χ2n) is 6.05. The van der Waals surface area contributed by atoms with Crippen LogP contribution in [0.3, 0.4) is 0 Å². The summed E-state index contributed by atoms with van der Waals surface area (Å²) in [5.74, 6) is 1.03. The summed E-state index contributed by atoms with van der Waals surface area (Å²) in [5.41, 5.74) is 0.946. The lowest BCUT2D eigenvalue weighted by atomic mass is 9.99. The summed E-state index contributed by atoms with van der Waals surface area (Å²) in [6.45, 7) is 5.55. The number of piperidine rings is 1. The molecule has 1 aromatic rings. The summed E-state index contributed by atoms with van der Waals surface area (Å²) < 4.78 is 5.65. The zero-order chi connectivity index (χ0) is 15.9. The van der Waals surface area contributed by atoms with Gasteiger partial charge in [0.2, 0.25) is 5.91 Å². The molecule has 4 heteroatoms. The molecule has 120 valence electrons. The number of amides is 1. The second-order valence-corrected chi connectivity index (χ2v) is 6.05. The van der Waals surface area contributed by atoms with Crippen LogP contribution in [0.1, 0.15) is 32.3 Å². The van der Waals surface area contributed by atoms with Crippen molar-refractivity contribution in [1.82, 2.24) is 4.90 Å². The number of benzene rings is 1. The predicted octanol–water partition coefficient (Wildman–Crippen LogP) is 2.72. The van der Waals surface area contributed by atoms with Gasteiger partial charge < -0.3 is 14.7 Å². The van der Waals surface area contributed by atoms with Crippen molar-refractivity contribution in [2.24, 2.45) is 5.92 Å². The Labute approximate surface area is 132 Å². The summed E-state index contributed by atoms with van der Waals surface area (Å²) in [7, 11) is 0. The third-order valence-corrected chi connectivity index (χ3v) is 3.74. The van der Waals surface area contributed by atoms with E-state index < -0.39 is 0 Å². The van der Waals surface area contributed by atoms with Crippen LogP contribution < -0.4 is 4.74 Å². The number of aliphatic hydroxyl groups excluding tert-OH is 1. The summed E-state index contributed by atoms with van der Waals surface area (Å²) in [5, 5.41) is 9.23. The van der Waals surface area contributed by atoms with E-state index in [9.17, 15) is 9.90 Å². The SMILES string of the molecule is CC(C)Oc1cccc(/C=C/C(=O)N2CCCC(CO)C2)c1. The van der Waals surface area contributed by atoms with Gasteiger partial charge in [-0.05, 0) is 56.4 Å². The number of rotatable bonds is 5. The lowest BCUT2D eigenvalue weighted by molar-refractivity contribution is -0.127. The van der Waals surface area contributed by atoms with E-state index in [1.807, 2.05) is 49.1 Å². The number of carbonyl (C=O) groups excluding carboxylic acids is 1. The molecule has 0 aromatic heterocycles. The molecule has 1 aliphatic rings. The van der Waals surface area contributed by atoms with Crippen molar-refractivity contribution in [2.45, 2.75) is 32.8 Å². The summed E-state index contributed by atoms with van der Waals surface area (Å²) in [4.78, 5) is 14.0. The first-order chi connectivity index (χ1) is 10.6. The van der Waals surface area contributed by atoms with Crippen molar-refractivity contribution in [1.29, 1.82) is 0 Å². The highest BCUT2D eigenvalue weighted by Gasteiger charge is 2.21. The van der Waals surface area contributed by atoms with Crippen LogP contribution in [0.25, 0.3) is 6.08 Å². The molecule has 0 bridgehead atoms. The fourth-order valence-corrected chi connectivity index (χ4v) is 2.65. The maximum Gasteiger partial charge on any atom is 0.246 e. The van der Waals surface area contributed by atoms with Gasteiger partial charge in [-0.3, -0.25) is 4.79 Å². The van der Waals surface area contributed by atoms with Crippen LogP contribution in [0, 0.1) is 5.92 Å². The first-order valence-electron chi connectivity index (χ1n) is 7.93. The molecule has 22 heavy (non-hydrogen) atoms. The summed E-state index contributed by atoms with van der Waals surface area (Å²) in [6, 6.07) is 7.71. The third kappa shape index (κ3) is 4.88. The fraction of sp³-hybridized carbons (Fsp3) is 0.500. The third-order valence-electron chi connectivity index (χ3n) is 3.74. The van der Waals surface area contributed by atoms with Crippen molar-refractivity contribution in [3.8, 4) is 5.75 Å². The Kier molecular flexibility index (Phi) is 6.01. The zero-order valence-electron chi connectivity index (χ0n) is 13.4. The highest BCUT2D eigenvalue weighted by Crippen LogP contribution is 2.18. The Hall–Kier alpha value is -1.81. The average molecular weight is 303 g/mol. The van der Waals surface area contributed by atoms with Crippen molar-refractivity contribution >= 4 is 12.0 Å². The number of ether oxygens (including phenoxy) is 1. The van der Waals surface area contributed by atoms with E-state index in [0.717, 1.165) is 30.7 Å². The predicted molar refractivity (Wildman–Crippen MR) is 87.6 cm³/mol. The molecule has 1 aromatic carbocycles. The van der Waals surface area contributed by atoms with Crippen LogP contribution >= 0.6 is 0 Å². The molecule has 1 aliphatic heterocycles. The van der Waals surface area contributed by atoms with Crippen molar-refractivity contribution < 1.29 is 14.6 Å². The summed E-state index contributed by atoms with van der Waals surface area (Å²) >= 11 is 0. The van der Waals surface area contributed by atoms with Gasteiger partial charge in [0.05, 0.1) is 6.10 Å². The van der Waals surface area contributed by atoms with Gasteiger partial charge in [-0.15, -0.1) is 0 Å². The van der Waals surface area contributed by atoms with Crippen molar-refractivity contribution in [3.63, 3.8) is 0 Å². The molecular formula is C18H25NO3. The molecule has 0 saturated carbocycles. The van der Waals surface area contributed by atoms with E-state index in [4.69, 9.17) is 4.74 Å². The second kappa shape index (κ2) is 7.99. The van der Waals surface area contributed by atoms with Crippen molar-refractivity contribution in [2.75, 3.05) is 19.7 Å². The molecule has 1 unspecified atom stereocenters. The number of hydrogen-bond acceptors (Lipinski definition) is 3. The Bertz CT molecular complexity index is 525. The Balaban J connectivity index is 1.97. The van der Waals surface area contributed by atoms with Crippen LogP contribution in [-0.2, 0) is 4.79 Å². The monoisotopic (exact) mass is 303 g/mol. The zero-order valence-corrected chi connectivity index (χ0v) is 13.4. The quantitative estimate of drug-likeness (QED) is 0.851. The van der Waals surface area contributed by atoms with Gasteiger partial charge in [-0.1, -0.05) is 12.1 Å². The number of nitrogens with zero attached hydrogens (tertiary/aromatic N) is 1. The van der Waals surface area contributed by atoms with E-state index >= 15 is 0 Å². The van der Waals surface area contributed by atoms with Gasteiger partial charge >= 0.3 is 0 Å². The summed E-state index contributed by atoms with van der Waals surface area (Å²) in [6.07, 6.45) is 5.51. The normalized spacial score (nSPS) is 18.9. The van der Waals surface area contributed by atoms with Crippen LogP contribution in [0.5, 0.6) is 5.75 Å². The lowest BCUT2D eigenvalue weighted by Gasteiger charge is -2.31. The maximum absolute atomic E-state index is 12.2. The molecule has 1 N–H and O–H groups in total. The van der Waals surface area contributed by atoms with E-state index in [-0.39, 0.29) is 24.5 Å². The Morgan fingerprint density at radius 3 is 3.05 bits per heavy atom. The largest absolute Gasteiger partial charge is 0.491 e. The number of aliphatic hydroxyl groups is 1. The Morgan fingerprint density at radius 1 is 1.50 bits per heavy atom. The highest BCUT2D eigenvalue weighted by atomic mass is 16.5. The number of hydrogen-bond donors (Lipinski definition) is 1. The van der Waals surface area contributed by atoms with Gasteiger partial charge in [0.15, 0.2) is 0 Å². The highest BCUT2D eigenvalue weighted by molar-refractivity contribution is 5.91. The smallest absolute Gasteiger partial charge is 0.246 e. The van der Waals surface area contributed by atoms with Crippen LogP contribution in [0.2, 0.25) is 0 Å². The molecule has 0 aliphatic carbocycles. The average Bonchev–Trinajstić information content (AvgIpc) is 2.52. The van der Waals surface area contributed by atoms with Crippen LogP contribution in [0.15, 0.2) is 30.3 Å². The number of carbonyl (C=O) groups is 1. The first kappa shape index (κ1) is 16.6. The van der Waals surface area contributed by atoms with Gasteiger partial charge in [0.1, 0.15) is 5.75 Å². The van der Waals surface area contributed by atoms with Gasteiger partial charge in [-0.25, -0.2) is 0 Å². The molecule has 1 atom stereocenters. The van der Waals surface area contributed by atoms with Crippen molar-refractivity contribution in [3.05, 3.63) is 35.9 Å². The fourth-order valence-electron chi connectivity index (χ4n) is 2.65. The molecule has 0 spiro atoms. The molecule has 1 fully saturated rings. The molecule has 1 heterocycles.